The van der Waals surface area contributed by atoms with E-state index in [1.54, 1.807) is 7.05 Å². The molecule has 0 unspecified atom stereocenters. The van der Waals surface area contributed by atoms with Gasteiger partial charge in [0.15, 0.2) is 0 Å². The average Bonchev–Trinajstić information content (AvgIpc) is 3.34. The number of nitrogens with one attached hydrogen (secondary N) is 1. The molecule has 4 rings (SSSR count). The molecule has 1 N–H and O–H groups in total. The Bertz CT molecular complexity index is 1130. The predicted octanol–water partition coefficient (Wildman–Crippen LogP) is 3.94. The van der Waals surface area contributed by atoms with Gasteiger partial charge in [-0.15, -0.1) is 11.3 Å². The van der Waals surface area contributed by atoms with Crippen LogP contribution in [0, 0.1) is 11.3 Å². The molecule has 2 aromatic rings. The number of sulfonamides is 1. The van der Waals surface area contributed by atoms with Crippen LogP contribution in [-0.4, -0.2) is 44.9 Å². The second-order valence-corrected chi connectivity index (χ2v) is 11.4. The average molecular weight is 474 g/mol. The van der Waals surface area contributed by atoms with E-state index in [1.807, 2.05) is 0 Å². The van der Waals surface area contributed by atoms with Crippen molar-refractivity contribution >= 4 is 32.3 Å². The molecule has 2 heterocycles. The van der Waals surface area contributed by atoms with Crippen molar-refractivity contribution in [3.05, 3.63) is 45.8 Å². The number of carbonyl (C=O) groups is 1. The molecule has 1 saturated heterocycles. The molecule has 9 heteroatoms. The number of amides is 1. The number of benzene rings is 1. The van der Waals surface area contributed by atoms with Gasteiger partial charge in [0.1, 0.15) is 11.1 Å². The number of aryl methyl sites for hydroxylation is 1. The van der Waals surface area contributed by atoms with E-state index >= 15 is 0 Å². The fourth-order valence-corrected chi connectivity index (χ4v) is 6.69. The van der Waals surface area contributed by atoms with Crippen molar-refractivity contribution in [1.29, 1.82) is 5.26 Å². The Morgan fingerprint density at radius 2 is 1.97 bits per heavy atom. The van der Waals surface area contributed by atoms with Crippen LogP contribution in [0.25, 0.3) is 0 Å². The molecule has 2 aliphatic rings. The van der Waals surface area contributed by atoms with Crippen molar-refractivity contribution in [2.24, 2.45) is 0 Å². The number of nitrogens with zero attached hydrogens (tertiary/aromatic N) is 2. The first kappa shape index (κ1) is 22.9. The van der Waals surface area contributed by atoms with Crippen molar-refractivity contribution in [2.45, 2.75) is 55.9 Å². The Morgan fingerprint density at radius 1 is 1.22 bits per heavy atom. The van der Waals surface area contributed by atoms with Gasteiger partial charge >= 0.3 is 0 Å². The van der Waals surface area contributed by atoms with Crippen molar-refractivity contribution in [2.75, 3.05) is 25.5 Å². The van der Waals surface area contributed by atoms with Crippen LogP contribution in [0.15, 0.2) is 29.2 Å². The van der Waals surface area contributed by atoms with E-state index in [9.17, 15) is 18.5 Å². The zero-order valence-electron chi connectivity index (χ0n) is 18.1. The van der Waals surface area contributed by atoms with Gasteiger partial charge in [-0.2, -0.15) is 9.57 Å². The number of carbonyl (C=O) groups excluding carboxylic acids is 1. The molecule has 1 aliphatic heterocycles. The summed E-state index contributed by atoms with van der Waals surface area (Å²) in [6.45, 7) is 0.980. The Hall–Kier alpha value is -2.25. The van der Waals surface area contributed by atoms with E-state index in [0.29, 0.717) is 29.3 Å². The monoisotopic (exact) mass is 473 g/mol. The Morgan fingerprint density at radius 3 is 2.66 bits per heavy atom. The van der Waals surface area contributed by atoms with Crippen LogP contribution in [0.1, 0.15) is 58.5 Å². The number of rotatable bonds is 6. The summed E-state index contributed by atoms with van der Waals surface area (Å²) in [5, 5.41) is 13.1. The fourth-order valence-electron chi connectivity index (χ4n) is 4.26. The summed E-state index contributed by atoms with van der Waals surface area (Å²) in [7, 11) is -2.12. The summed E-state index contributed by atoms with van der Waals surface area (Å²) in [4.78, 5) is 14.1. The third-order valence-corrected chi connectivity index (χ3v) is 9.11. The number of likely N-dealkylation sites (N-methyl/N-ethyl adjacent to an activating group) is 1. The highest BCUT2D eigenvalue weighted by Gasteiger charge is 2.26. The minimum absolute atomic E-state index is 0.0740. The standard InChI is InChI=1S/C23H27N3O4S2/c1-26(15-17-6-5-13-30-17)32(28,29)18-11-9-16(10-12-18)22(27)25-23-20(14-24)19-7-3-2-4-8-21(19)31-23/h9-12,17H,2-8,13,15H2,1H3,(H,25,27)/t17-/m1/s1. The van der Waals surface area contributed by atoms with Gasteiger partial charge in [0.05, 0.1) is 16.6 Å². The third kappa shape index (κ3) is 4.74. The second kappa shape index (κ2) is 9.71. The number of ether oxygens (including phenoxy) is 1. The first-order chi connectivity index (χ1) is 15.4. The Labute approximate surface area is 193 Å². The van der Waals surface area contributed by atoms with E-state index in [1.165, 1.54) is 44.8 Å². The molecule has 1 atom stereocenters. The number of fused-ring (bicyclic) bond motifs is 1. The molecule has 0 saturated carbocycles. The van der Waals surface area contributed by atoms with E-state index in [2.05, 4.69) is 11.4 Å². The molecular formula is C23H27N3O4S2. The van der Waals surface area contributed by atoms with Crippen molar-refractivity contribution in [3.63, 3.8) is 0 Å². The van der Waals surface area contributed by atoms with Crippen LogP contribution in [0.3, 0.4) is 0 Å². The number of anilines is 1. The summed E-state index contributed by atoms with van der Waals surface area (Å²) in [5.41, 5.74) is 1.98. The molecule has 1 aliphatic carbocycles. The maximum atomic E-state index is 12.9. The van der Waals surface area contributed by atoms with E-state index in [-0.39, 0.29) is 16.9 Å². The van der Waals surface area contributed by atoms with Gasteiger partial charge in [0, 0.05) is 30.6 Å². The van der Waals surface area contributed by atoms with Crippen molar-refractivity contribution in [1.82, 2.24) is 4.31 Å². The summed E-state index contributed by atoms with van der Waals surface area (Å²) < 4.78 is 32.5. The van der Waals surface area contributed by atoms with Gasteiger partial charge in [0.2, 0.25) is 10.0 Å². The molecule has 0 bridgehead atoms. The normalized spacial score (nSPS) is 18.7. The zero-order valence-corrected chi connectivity index (χ0v) is 19.7. The predicted molar refractivity (Wildman–Crippen MR) is 123 cm³/mol. The molecule has 7 nitrogen and oxygen atoms in total. The highest BCUT2D eigenvalue weighted by molar-refractivity contribution is 7.89. The lowest BCUT2D eigenvalue weighted by Gasteiger charge is -2.20. The maximum Gasteiger partial charge on any atom is 0.256 e. The summed E-state index contributed by atoms with van der Waals surface area (Å²) in [5.74, 6) is -0.352. The zero-order chi connectivity index (χ0) is 22.7. The molecule has 1 aromatic heterocycles. The quantitative estimate of drug-likeness (QED) is 0.641. The van der Waals surface area contributed by atoms with E-state index in [0.717, 1.165) is 50.5 Å². The largest absolute Gasteiger partial charge is 0.377 e. The highest BCUT2D eigenvalue weighted by atomic mass is 32.2. The maximum absolute atomic E-state index is 12.9. The molecule has 0 spiro atoms. The molecule has 32 heavy (non-hydrogen) atoms. The van der Waals surface area contributed by atoms with Gasteiger partial charge in [0.25, 0.3) is 5.91 Å². The van der Waals surface area contributed by atoms with Crippen LogP contribution >= 0.6 is 11.3 Å². The van der Waals surface area contributed by atoms with Crippen LogP contribution in [0.5, 0.6) is 0 Å². The van der Waals surface area contributed by atoms with Crippen LogP contribution < -0.4 is 5.32 Å². The third-order valence-electron chi connectivity index (χ3n) is 6.07. The number of hydrogen-bond acceptors (Lipinski definition) is 6. The van der Waals surface area contributed by atoms with E-state index in [4.69, 9.17) is 4.74 Å². The first-order valence-electron chi connectivity index (χ1n) is 10.9. The molecule has 1 fully saturated rings. The first-order valence-corrected chi connectivity index (χ1v) is 13.2. The molecule has 170 valence electrons. The number of nitriles is 1. The van der Waals surface area contributed by atoms with Crippen molar-refractivity contribution in [3.8, 4) is 6.07 Å². The summed E-state index contributed by atoms with van der Waals surface area (Å²) in [6.07, 6.45) is 6.86. The topological polar surface area (TPSA) is 99.5 Å². The molecule has 0 radical (unpaired) electrons. The van der Waals surface area contributed by atoms with Gasteiger partial charge in [-0.1, -0.05) is 6.42 Å². The molecular weight excluding hydrogens is 446 g/mol. The lowest BCUT2D eigenvalue weighted by atomic mass is 10.1. The lowest BCUT2D eigenvalue weighted by Crippen LogP contribution is -2.34. The Kier molecular flexibility index (Phi) is 6.96. The van der Waals surface area contributed by atoms with Crippen LogP contribution in [0.4, 0.5) is 5.00 Å². The molecule has 1 amide bonds. The number of hydrogen-bond donors (Lipinski definition) is 1. The molecule has 1 aromatic carbocycles. The Balaban J connectivity index is 1.47. The minimum atomic E-state index is -3.66. The lowest BCUT2D eigenvalue weighted by molar-refractivity contribution is 0.0979. The van der Waals surface area contributed by atoms with Gasteiger partial charge in [-0.25, -0.2) is 8.42 Å². The summed E-state index contributed by atoms with van der Waals surface area (Å²) in [6, 6.07) is 8.17. The minimum Gasteiger partial charge on any atom is -0.377 e. The summed E-state index contributed by atoms with van der Waals surface area (Å²) >= 11 is 1.48. The van der Waals surface area contributed by atoms with Gasteiger partial charge < -0.3 is 10.1 Å². The van der Waals surface area contributed by atoms with Crippen molar-refractivity contribution < 1.29 is 17.9 Å². The second-order valence-electron chi connectivity index (χ2n) is 8.28. The fraction of sp³-hybridized carbons (Fsp3) is 0.478. The van der Waals surface area contributed by atoms with Gasteiger partial charge in [-0.05, 0) is 68.4 Å². The van der Waals surface area contributed by atoms with E-state index < -0.39 is 10.0 Å². The highest BCUT2D eigenvalue weighted by Crippen LogP contribution is 2.37. The van der Waals surface area contributed by atoms with Crippen LogP contribution in [0.2, 0.25) is 0 Å². The smallest absolute Gasteiger partial charge is 0.256 e. The SMILES string of the molecule is CN(C[C@H]1CCCO1)S(=O)(=O)c1ccc(C(=O)Nc2sc3c(c2C#N)CCCCC3)cc1. The number of thiophene rings is 1. The van der Waals surface area contributed by atoms with Crippen LogP contribution in [-0.2, 0) is 27.6 Å². The van der Waals surface area contributed by atoms with Gasteiger partial charge in [-0.3, -0.25) is 4.79 Å².